The molecule has 0 rings (SSSR count). The summed E-state index contributed by atoms with van der Waals surface area (Å²) in [7, 11) is 4.45. The van der Waals surface area contributed by atoms with Gasteiger partial charge < -0.3 is 0 Å². The van der Waals surface area contributed by atoms with Crippen molar-refractivity contribution in [3.8, 4) is 0 Å². The Morgan fingerprint density at radius 3 is 1.29 bits per heavy atom. The zero-order chi connectivity index (χ0) is 6.50. The molecule has 0 atom stereocenters. The predicted octanol–water partition coefficient (Wildman–Crippen LogP) is -0.229. The minimum absolute atomic E-state index is 2.41. The molecule has 0 saturated heterocycles. The SMILES string of the molecule is [Cl][Mn].[O]=[Mn](=[O])(=[O])[OH]. The average molecular weight is 210 g/mol. The zero-order valence-electron chi connectivity index (χ0n) is 2.81. The Hall–Kier alpha value is 0.689. The van der Waals surface area contributed by atoms with Gasteiger partial charge in [-0.3, -0.25) is 0 Å². The van der Waals surface area contributed by atoms with Crippen molar-refractivity contribution in [3.63, 3.8) is 0 Å². The Morgan fingerprint density at radius 1 is 1.29 bits per heavy atom. The third-order valence-corrected chi connectivity index (χ3v) is 0. The van der Waals surface area contributed by atoms with Crippen molar-refractivity contribution >= 4 is 10.1 Å². The molecule has 0 saturated carbocycles. The predicted molar refractivity (Wildman–Crippen MR) is 10.1 cm³/mol. The van der Waals surface area contributed by atoms with Gasteiger partial charge in [-0.05, 0) is 0 Å². The van der Waals surface area contributed by atoms with E-state index in [2.05, 4.69) is 25.2 Å². The summed E-state index contributed by atoms with van der Waals surface area (Å²) in [4.78, 5) is 0. The molecule has 0 radical (unpaired) electrons. The van der Waals surface area contributed by atoms with Crippen LogP contribution in [0.25, 0.3) is 0 Å². The fourth-order valence-corrected chi connectivity index (χ4v) is 0. The number of hydrogen-bond donors (Lipinski definition) is 1. The second-order valence-electron chi connectivity index (χ2n) is 0.396. The Balaban J connectivity index is 0. The van der Waals surface area contributed by atoms with Gasteiger partial charge in [-0.15, -0.1) is 0 Å². The quantitative estimate of drug-likeness (QED) is 0.561. The van der Waals surface area contributed by atoms with Crippen LogP contribution in [0.15, 0.2) is 0 Å². The van der Waals surface area contributed by atoms with Crippen LogP contribution in [-0.2, 0) is 39.6 Å². The first-order valence-corrected chi connectivity index (χ1v) is 4.37. The van der Waals surface area contributed by atoms with Crippen LogP contribution in [0.4, 0.5) is 0 Å². The molecule has 0 fully saturated rings. The first-order valence-electron chi connectivity index (χ1n) is 0.775. The van der Waals surface area contributed by atoms with Gasteiger partial charge in [0.15, 0.2) is 0 Å². The third kappa shape index (κ3) is 310. The maximum absolute atomic E-state index is 8.69. The molecule has 46 valence electrons. The fraction of sp³-hybridized carbons (Fsp3) is 0. The molecular formula is HClMn2O4. The summed E-state index contributed by atoms with van der Waals surface area (Å²) in [5.74, 6) is 0. The van der Waals surface area contributed by atoms with Crippen molar-refractivity contribution in [2.75, 3.05) is 0 Å². The minimum atomic E-state index is -5.38. The van der Waals surface area contributed by atoms with Gasteiger partial charge >= 0.3 is 53.9 Å². The average Bonchev–Trinajstić information content (AvgIpc) is 1.36. The van der Waals surface area contributed by atoms with E-state index in [1.54, 1.807) is 0 Å². The van der Waals surface area contributed by atoms with Crippen LogP contribution in [0, 0.1) is 0 Å². The van der Waals surface area contributed by atoms with Crippen molar-refractivity contribution < 1.29 is 43.8 Å². The van der Waals surface area contributed by atoms with Gasteiger partial charge in [0.05, 0.1) is 0 Å². The normalized spacial score (nSPS) is 9.00. The van der Waals surface area contributed by atoms with Gasteiger partial charge in [0.25, 0.3) is 0 Å². The standard InChI is InChI=1S/ClH.2Mn.H2O.3O/h1H;;;1H2;;;/q;2*+1;;;;/p-2. The number of hydrogen-bond acceptors (Lipinski definition) is 3. The molecule has 0 spiro atoms. The van der Waals surface area contributed by atoms with Gasteiger partial charge in [0.2, 0.25) is 0 Å². The summed E-state index contributed by atoms with van der Waals surface area (Å²) in [6.07, 6.45) is 0. The summed E-state index contributed by atoms with van der Waals surface area (Å²) < 4.78 is 33.1. The van der Waals surface area contributed by atoms with Crippen LogP contribution in [0.1, 0.15) is 0 Å². The first-order chi connectivity index (χ1) is 3.00. The molecule has 4 nitrogen and oxygen atoms in total. The van der Waals surface area contributed by atoms with Crippen LogP contribution in [0.3, 0.4) is 0 Å². The Morgan fingerprint density at radius 2 is 1.29 bits per heavy atom. The van der Waals surface area contributed by atoms with E-state index in [-0.39, 0.29) is 0 Å². The molecule has 7 heteroatoms. The van der Waals surface area contributed by atoms with E-state index in [4.69, 9.17) is 15.7 Å². The second kappa shape index (κ2) is 4.84. The van der Waals surface area contributed by atoms with Gasteiger partial charge in [0.1, 0.15) is 0 Å². The Bertz CT molecular complexity index is 131. The van der Waals surface area contributed by atoms with Crippen molar-refractivity contribution in [1.82, 2.24) is 0 Å². The summed E-state index contributed by atoms with van der Waals surface area (Å²) in [5, 5.41) is 0. The molecule has 0 heterocycles. The van der Waals surface area contributed by atoms with E-state index < -0.39 is 13.0 Å². The van der Waals surface area contributed by atoms with E-state index in [9.17, 15) is 0 Å². The van der Waals surface area contributed by atoms with Crippen molar-refractivity contribution in [3.05, 3.63) is 0 Å². The molecule has 1 N–H and O–H groups in total. The molecule has 0 aliphatic heterocycles. The van der Waals surface area contributed by atoms with E-state index in [1.165, 1.54) is 0 Å². The van der Waals surface area contributed by atoms with E-state index in [0.717, 1.165) is 0 Å². The van der Waals surface area contributed by atoms with Gasteiger partial charge in [-0.25, -0.2) is 0 Å². The second-order valence-corrected chi connectivity index (χ2v) is 1.63. The van der Waals surface area contributed by atoms with Crippen LogP contribution in [0.5, 0.6) is 0 Å². The van der Waals surface area contributed by atoms with Gasteiger partial charge in [-0.2, -0.15) is 0 Å². The molecule has 7 heavy (non-hydrogen) atoms. The molecule has 0 bridgehead atoms. The van der Waals surface area contributed by atoms with Gasteiger partial charge in [0, 0.05) is 0 Å². The van der Waals surface area contributed by atoms with E-state index >= 15 is 0 Å². The maximum atomic E-state index is 8.69. The van der Waals surface area contributed by atoms with Crippen LogP contribution >= 0.6 is 10.1 Å². The summed E-state index contributed by atoms with van der Waals surface area (Å²) in [6.45, 7) is 0. The van der Waals surface area contributed by atoms with Crippen LogP contribution < -0.4 is 0 Å². The topological polar surface area (TPSA) is 71.4 Å². The number of halogens is 1. The molecule has 0 aliphatic carbocycles. The molecule has 0 aromatic heterocycles. The fourth-order valence-electron chi connectivity index (χ4n) is 0. The molecule has 0 aromatic rings. The van der Waals surface area contributed by atoms with E-state index in [1.807, 2.05) is 0 Å². The van der Waals surface area contributed by atoms with Crippen molar-refractivity contribution in [1.29, 1.82) is 0 Å². The summed E-state index contributed by atoms with van der Waals surface area (Å²) in [6, 6.07) is 0. The van der Waals surface area contributed by atoms with Crippen LogP contribution in [-0.4, -0.2) is 4.19 Å². The molecule has 0 amide bonds. The van der Waals surface area contributed by atoms with Crippen molar-refractivity contribution in [2.45, 2.75) is 0 Å². The van der Waals surface area contributed by atoms with E-state index in [0.29, 0.717) is 0 Å². The number of rotatable bonds is 0. The Labute approximate surface area is 54.0 Å². The summed E-state index contributed by atoms with van der Waals surface area (Å²) in [5.41, 5.74) is 0. The molecule has 0 unspecified atom stereocenters. The molecular weight excluding hydrogens is 209 g/mol. The molecule has 0 aromatic carbocycles. The van der Waals surface area contributed by atoms with Crippen molar-refractivity contribution in [2.24, 2.45) is 0 Å². The van der Waals surface area contributed by atoms with Crippen LogP contribution in [0.2, 0.25) is 0 Å². The zero-order valence-corrected chi connectivity index (χ0v) is 5.92. The first kappa shape index (κ1) is 10.6. The Kier molecular flexibility index (Phi) is 7.35. The molecule has 0 aliphatic rings. The summed E-state index contributed by atoms with van der Waals surface area (Å²) >= 11 is -2.97. The monoisotopic (exact) mass is 210 g/mol. The third-order valence-electron chi connectivity index (χ3n) is 0. The van der Waals surface area contributed by atoms with Gasteiger partial charge in [-0.1, -0.05) is 0 Å².